The maximum Gasteiger partial charge on any atom is 0.0781 e. The predicted octanol–water partition coefficient (Wildman–Crippen LogP) is 2.48. The van der Waals surface area contributed by atoms with Crippen LogP contribution in [0.25, 0.3) is 0 Å². The predicted molar refractivity (Wildman–Crippen MR) is 73.8 cm³/mol. The first kappa shape index (κ1) is 13.4. The first-order chi connectivity index (χ1) is 8.74. The maximum absolute atomic E-state index is 9.88. The topological polar surface area (TPSA) is 43.7 Å². The fourth-order valence-electron chi connectivity index (χ4n) is 2.54. The first-order valence-corrected chi connectivity index (χ1v) is 6.88. The number of para-hydroxylation sites is 1. The molecule has 2 rings (SSSR count). The summed E-state index contributed by atoms with van der Waals surface area (Å²) in [6.45, 7) is 2.90. The van der Waals surface area contributed by atoms with Gasteiger partial charge in [-0.2, -0.15) is 0 Å². The van der Waals surface area contributed by atoms with Crippen LogP contribution in [0.3, 0.4) is 0 Å². The van der Waals surface area contributed by atoms with E-state index >= 15 is 0 Å². The molecule has 0 aromatic heterocycles. The van der Waals surface area contributed by atoms with Gasteiger partial charge in [0.1, 0.15) is 0 Å². The lowest BCUT2D eigenvalue weighted by atomic mass is 9.90. The molecule has 1 saturated carbocycles. The average Bonchev–Trinajstić information content (AvgIpc) is 2.32. The van der Waals surface area contributed by atoms with E-state index in [1.54, 1.807) is 0 Å². The van der Waals surface area contributed by atoms with Gasteiger partial charge in [0, 0.05) is 30.4 Å². The molecule has 2 N–H and O–H groups in total. The molecule has 3 heteroatoms. The number of nitrogens with zero attached hydrogens (tertiary/aromatic N) is 1. The normalized spacial score (nSPS) is 17.3. The van der Waals surface area contributed by atoms with Crippen LogP contribution in [0.15, 0.2) is 24.3 Å². The Hall–Kier alpha value is -1.06. The Labute approximate surface area is 109 Å². The molecule has 0 saturated heterocycles. The summed E-state index contributed by atoms with van der Waals surface area (Å²) in [6, 6.07) is 8.64. The van der Waals surface area contributed by atoms with Crippen molar-refractivity contribution in [2.45, 2.75) is 44.8 Å². The summed E-state index contributed by atoms with van der Waals surface area (Å²) in [5.41, 5.74) is 2.12. The van der Waals surface area contributed by atoms with Crippen molar-refractivity contribution in [1.82, 2.24) is 0 Å². The van der Waals surface area contributed by atoms with E-state index in [9.17, 15) is 5.11 Å². The Balaban J connectivity index is 2.23. The fraction of sp³-hybridized carbons (Fsp3) is 0.600. The molecule has 1 unspecified atom stereocenters. The van der Waals surface area contributed by atoms with Crippen molar-refractivity contribution in [1.29, 1.82) is 0 Å². The van der Waals surface area contributed by atoms with E-state index in [2.05, 4.69) is 11.0 Å². The molecule has 18 heavy (non-hydrogen) atoms. The van der Waals surface area contributed by atoms with E-state index in [4.69, 9.17) is 5.11 Å². The molecule has 1 atom stereocenters. The molecule has 1 fully saturated rings. The lowest BCUT2D eigenvalue weighted by molar-refractivity contribution is 0.199. The second-order valence-corrected chi connectivity index (χ2v) is 5.09. The molecule has 0 amide bonds. The van der Waals surface area contributed by atoms with Gasteiger partial charge in [0.15, 0.2) is 0 Å². The number of benzene rings is 1. The van der Waals surface area contributed by atoms with E-state index < -0.39 is 6.10 Å². The fourth-order valence-corrected chi connectivity index (χ4v) is 2.54. The third kappa shape index (κ3) is 2.85. The van der Waals surface area contributed by atoms with Crippen molar-refractivity contribution in [2.75, 3.05) is 18.1 Å². The molecule has 0 spiro atoms. The molecule has 1 aromatic carbocycles. The van der Waals surface area contributed by atoms with Crippen LogP contribution in [0.2, 0.25) is 0 Å². The highest BCUT2D eigenvalue weighted by molar-refractivity contribution is 5.55. The van der Waals surface area contributed by atoms with Gasteiger partial charge in [-0.15, -0.1) is 0 Å². The van der Waals surface area contributed by atoms with Crippen LogP contribution in [0.5, 0.6) is 0 Å². The largest absolute Gasteiger partial charge is 0.396 e. The molecule has 1 aliphatic rings. The van der Waals surface area contributed by atoms with Crippen molar-refractivity contribution in [3.63, 3.8) is 0 Å². The molecular weight excluding hydrogens is 226 g/mol. The summed E-state index contributed by atoms with van der Waals surface area (Å²) in [5.74, 6) is 0. The second-order valence-electron chi connectivity index (χ2n) is 5.09. The molecular formula is C15H23NO2. The molecule has 0 aliphatic heterocycles. The highest BCUT2D eigenvalue weighted by Crippen LogP contribution is 2.33. The standard InChI is InChI=1S/C15H23NO2/c1-12(18)14-8-2-3-9-15(14)16(10-5-11-17)13-6-4-7-13/h2-3,8-9,12-13,17-18H,4-7,10-11H2,1H3. The van der Waals surface area contributed by atoms with Gasteiger partial charge in [0.05, 0.1) is 6.10 Å². The van der Waals surface area contributed by atoms with Crippen molar-refractivity contribution >= 4 is 5.69 Å². The molecule has 100 valence electrons. The highest BCUT2D eigenvalue weighted by Gasteiger charge is 2.26. The first-order valence-electron chi connectivity index (χ1n) is 6.88. The van der Waals surface area contributed by atoms with Gasteiger partial charge < -0.3 is 15.1 Å². The molecule has 0 heterocycles. The zero-order valence-corrected chi connectivity index (χ0v) is 11.0. The van der Waals surface area contributed by atoms with Crippen molar-refractivity contribution in [3.8, 4) is 0 Å². The van der Waals surface area contributed by atoms with E-state index in [-0.39, 0.29) is 6.61 Å². The Bertz CT molecular complexity index is 375. The average molecular weight is 249 g/mol. The summed E-state index contributed by atoms with van der Waals surface area (Å²) < 4.78 is 0. The number of anilines is 1. The molecule has 0 radical (unpaired) electrons. The van der Waals surface area contributed by atoms with Crippen LogP contribution in [0.1, 0.15) is 44.3 Å². The van der Waals surface area contributed by atoms with Crippen LogP contribution >= 0.6 is 0 Å². The van der Waals surface area contributed by atoms with Gasteiger partial charge in [-0.25, -0.2) is 0 Å². The highest BCUT2D eigenvalue weighted by atomic mass is 16.3. The maximum atomic E-state index is 9.88. The van der Waals surface area contributed by atoms with E-state index in [0.717, 1.165) is 24.2 Å². The number of hydrogen-bond donors (Lipinski definition) is 2. The van der Waals surface area contributed by atoms with Gasteiger partial charge in [-0.05, 0) is 38.7 Å². The smallest absolute Gasteiger partial charge is 0.0781 e. The number of aliphatic hydroxyl groups is 2. The van der Waals surface area contributed by atoms with Gasteiger partial charge in [0.2, 0.25) is 0 Å². The van der Waals surface area contributed by atoms with Crippen LogP contribution < -0.4 is 4.90 Å². The van der Waals surface area contributed by atoms with Crippen molar-refractivity contribution < 1.29 is 10.2 Å². The van der Waals surface area contributed by atoms with Crippen LogP contribution in [-0.2, 0) is 0 Å². The quantitative estimate of drug-likeness (QED) is 0.814. The third-order valence-electron chi connectivity index (χ3n) is 3.77. The van der Waals surface area contributed by atoms with Crippen LogP contribution in [-0.4, -0.2) is 29.4 Å². The lowest BCUT2D eigenvalue weighted by Gasteiger charge is -2.40. The minimum atomic E-state index is -0.446. The summed E-state index contributed by atoms with van der Waals surface area (Å²) in [4.78, 5) is 2.36. The number of aliphatic hydroxyl groups excluding tert-OH is 2. The number of hydrogen-bond acceptors (Lipinski definition) is 3. The third-order valence-corrected chi connectivity index (χ3v) is 3.77. The summed E-state index contributed by atoms with van der Waals surface area (Å²) in [6.07, 6.45) is 4.07. The summed E-state index contributed by atoms with van der Waals surface area (Å²) in [7, 11) is 0. The van der Waals surface area contributed by atoms with E-state index in [0.29, 0.717) is 6.04 Å². The number of rotatable bonds is 6. The van der Waals surface area contributed by atoms with E-state index in [1.807, 2.05) is 25.1 Å². The second kappa shape index (κ2) is 6.21. The Morgan fingerprint density at radius 1 is 1.33 bits per heavy atom. The zero-order chi connectivity index (χ0) is 13.0. The SMILES string of the molecule is CC(O)c1ccccc1N(CCCO)C1CCC1. The van der Waals surface area contributed by atoms with Gasteiger partial charge in [-0.1, -0.05) is 18.2 Å². The van der Waals surface area contributed by atoms with Crippen LogP contribution in [0, 0.1) is 0 Å². The monoisotopic (exact) mass is 249 g/mol. The molecule has 1 aromatic rings. The van der Waals surface area contributed by atoms with E-state index in [1.165, 1.54) is 19.3 Å². The Morgan fingerprint density at radius 2 is 2.06 bits per heavy atom. The molecule has 3 nitrogen and oxygen atoms in total. The van der Waals surface area contributed by atoms with Crippen LogP contribution in [0.4, 0.5) is 5.69 Å². The van der Waals surface area contributed by atoms with Crippen molar-refractivity contribution in [3.05, 3.63) is 29.8 Å². The summed E-state index contributed by atoms with van der Waals surface area (Å²) >= 11 is 0. The lowest BCUT2D eigenvalue weighted by Crippen LogP contribution is -2.41. The van der Waals surface area contributed by atoms with Gasteiger partial charge in [0.25, 0.3) is 0 Å². The van der Waals surface area contributed by atoms with Gasteiger partial charge >= 0.3 is 0 Å². The Morgan fingerprint density at radius 3 is 2.61 bits per heavy atom. The molecule has 1 aliphatic carbocycles. The molecule has 0 bridgehead atoms. The van der Waals surface area contributed by atoms with Gasteiger partial charge in [-0.3, -0.25) is 0 Å². The minimum absolute atomic E-state index is 0.222. The minimum Gasteiger partial charge on any atom is -0.396 e. The summed E-state index contributed by atoms with van der Waals surface area (Å²) in [5, 5.41) is 18.9. The zero-order valence-electron chi connectivity index (χ0n) is 11.0. The van der Waals surface area contributed by atoms with Crippen molar-refractivity contribution in [2.24, 2.45) is 0 Å². The Kier molecular flexibility index (Phi) is 4.61.